The molecule has 3 aromatic carbocycles. The summed E-state index contributed by atoms with van der Waals surface area (Å²) in [6, 6.07) is 23.4. The highest BCUT2D eigenvalue weighted by Crippen LogP contribution is 2.29. The molecular formula is C30H30N4O3. The first-order valence-corrected chi connectivity index (χ1v) is 12.4. The van der Waals surface area contributed by atoms with E-state index in [1.54, 1.807) is 7.11 Å². The molecule has 2 amide bonds. The minimum Gasteiger partial charge on any atom is -0.497 e. The van der Waals surface area contributed by atoms with Gasteiger partial charge in [-0.3, -0.25) is 9.59 Å². The molecule has 0 saturated carbocycles. The Hall–Kier alpha value is -4.39. The molecular weight excluding hydrogens is 464 g/mol. The molecule has 1 N–H and O–H groups in total. The van der Waals surface area contributed by atoms with E-state index in [-0.39, 0.29) is 11.8 Å². The van der Waals surface area contributed by atoms with Crippen LogP contribution < -0.4 is 15.0 Å². The molecule has 1 saturated heterocycles. The van der Waals surface area contributed by atoms with Crippen LogP contribution in [0, 0.1) is 6.92 Å². The van der Waals surface area contributed by atoms with Gasteiger partial charge in [-0.25, -0.2) is 4.98 Å². The van der Waals surface area contributed by atoms with Crippen LogP contribution in [0.2, 0.25) is 0 Å². The average molecular weight is 495 g/mol. The number of rotatable bonds is 5. The predicted octanol–water partition coefficient (Wildman–Crippen LogP) is 5.14. The van der Waals surface area contributed by atoms with Crippen molar-refractivity contribution in [1.29, 1.82) is 0 Å². The molecule has 5 rings (SSSR count). The van der Waals surface area contributed by atoms with Crippen LogP contribution in [-0.4, -0.2) is 55.0 Å². The largest absolute Gasteiger partial charge is 0.497 e. The second-order valence-electron chi connectivity index (χ2n) is 9.31. The van der Waals surface area contributed by atoms with Gasteiger partial charge in [-0.05, 0) is 49.4 Å². The third kappa shape index (κ3) is 5.26. The first kappa shape index (κ1) is 24.3. The quantitative estimate of drug-likeness (QED) is 0.416. The van der Waals surface area contributed by atoms with Gasteiger partial charge in [0.25, 0.3) is 5.91 Å². The normalized spacial score (nSPS) is 13.5. The maximum absolute atomic E-state index is 13.8. The fourth-order valence-electron chi connectivity index (χ4n) is 4.74. The number of carbonyl (C=O) groups is 2. The lowest BCUT2D eigenvalue weighted by molar-refractivity contribution is -0.114. The molecule has 0 bridgehead atoms. The Morgan fingerprint density at radius 3 is 2.38 bits per heavy atom. The van der Waals surface area contributed by atoms with Gasteiger partial charge < -0.3 is 19.9 Å². The van der Waals surface area contributed by atoms with Gasteiger partial charge in [0.05, 0.1) is 23.9 Å². The molecule has 1 aliphatic rings. The maximum Gasteiger partial charge on any atom is 0.254 e. The molecule has 1 fully saturated rings. The molecule has 0 aliphatic carbocycles. The van der Waals surface area contributed by atoms with Crippen LogP contribution in [0.15, 0.2) is 72.8 Å². The number of ether oxygens (including phenoxy) is 1. The van der Waals surface area contributed by atoms with Crippen LogP contribution in [0.1, 0.15) is 22.8 Å². The van der Waals surface area contributed by atoms with E-state index < -0.39 is 0 Å². The highest BCUT2D eigenvalue weighted by Gasteiger charge is 2.25. The van der Waals surface area contributed by atoms with Gasteiger partial charge in [-0.1, -0.05) is 29.8 Å². The smallest absolute Gasteiger partial charge is 0.254 e. The van der Waals surface area contributed by atoms with E-state index in [9.17, 15) is 9.59 Å². The fraction of sp³-hybridized carbons (Fsp3) is 0.233. The summed E-state index contributed by atoms with van der Waals surface area (Å²) in [5.41, 5.74) is 5.95. The average Bonchev–Trinajstić information content (AvgIpc) is 2.92. The summed E-state index contributed by atoms with van der Waals surface area (Å²) < 4.78 is 5.37. The summed E-state index contributed by atoms with van der Waals surface area (Å²) in [6.07, 6.45) is 0. The van der Waals surface area contributed by atoms with E-state index in [0.29, 0.717) is 18.7 Å². The number of nitrogens with zero attached hydrogens (tertiary/aromatic N) is 3. The minimum atomic E-state index is -0.119. The van der Waals surface area contributed by atoms with Crippen molar-refractivity contribution in [1.82, 2.24) is 9.88 Å². The first-order valence-electron chi connectivity index (χ1n) is 12.4. The number of piperazine rings is 1. The number of hydrogen-bond acceptors (Lipinski definition) is 5. The summed E-state index contributed by atoms with van der Waals surface area (Å²) in [5.74, 6) is 0.720. The molecule has 4 aromatic rings. The fourth-order valence-corrected chi connectivity index (χ4v) is 4.74. The zero-order valence-electron chi connectivity index (χ0n) is 21.3. The van der Waals surface area contributed by atoms with Crippen LogP contribution in [-0.2, 0) is 4.79 Å². The van der Waals surface area contributed by atoms with Crippen molar-refractivity contribution in [3.63, 3.8) is 0 Å². The minimum absolute atomic E-state index is 0.0133. The van der Waals surface area contributed by atoms with Crippen molar-refractivity contribution in [2.75, 3.05) is 43.5 Å². The summed E-state index contributed by atoms with van der Waals surface area (Å²) in [7, 11) is 1.67. The molecule has 7 nitrogen and oxygen atoms in total. The van der Waals surface area contributed by atoms with E-state index in [4.69, 9.17) is 9.72 Å². The Morgan fingerprint density at radius 1 is 0.919 bits per heavy atom. The summed E-state index contributed by atoms with van der Waals surface area (Å²) in [4.78, 5) is 34.3. The van der Waals surface area contributed by atoms with Crippen LogP contribution >= 0.6 is 0 Å². The summed E-state index contributed by atoms with van der Waals surface area (Å²) >= 11 is 0. The Kier molecular flexibility index (Phi) is 6.77. The lowest BCUT2D eigenvalue weighted by Crippen LogP contribution is -2.48. The molecule has 37 heavy (non-hydrogen) atoms. The number of aryl methyl sites for hydroxylation is 1. The number of aromatic nitrogens is 1. The number of anilines is 2. The van der Waals surface area contributed by atoms with E-state index in [2.05, 4.69) is 16.3 Å². The summed E-state index contributed by atoms with van der Waals surface area (Å²) in [5, 5.41) is 3.64. The molecule has 0 unspecified atom stereocenters. The second-order valence-corrected chi connectivity index (χ2v) is 9.31. The molecule has 1 aliphatic heterocycles. The number of amides is 2. The van der Waals surface area contributed by atoms with Gasteiger partial charge in [0, 0.05) is 61.5 Å². The number of nitrogens with one attached hydrogen (secondary N) is 1. The van der Waals surface area contributed by atoms with Crippen molar-refractivity contribution >= 4 is 34.1 Å². The number of fused-ring (bicyclic) bond motifs is 1. The molecule has 188 valence electrons. The van der Waals surface area contributed by atoms with Gasteiger partial charge >= 0.3 is 0 Å². The summed E-state index contributed by atoms with van der Waals surface area (Å²) in [6.45, 7) is 6.26. The Balaban J connectivity index is 1.42. The van der Waals surface area contributed by atoms with E-state index in [1.165, 1.54) is 6.92 Å². The molecule has 0 spiro atoms. The number of benzene rings is 3. The molecule has 7 heteroatoms. The maximum atomic E-state index is 13.8. The van der Waals surface area contributed by atoms with Gasteiger partial charge in [0.15, 0.2) is 0 Å². The topological polar surface area (TPSA) is 74.8 Å². The van der Waals surface area contributed by atoms with Gasteiger partial charge in [-0.2, -0.15) is 0 Å². The van der Waals surface area contributed by atoms with Crippen molar-refractivity contribution < 1.29 is 14.3 Å². The third-order valence-electron chi connectivity index (χ3n) is 6.68. The van der Waals surface area contributed by atoms with Crippen LogP contribution in [0.3, 0.4) is 0 Å². The Morgan fingerprint density at radius 2 is 1.68 bits per heavy atom. The monoisotopic (exact) mass is 494 g/mol. The van der Waals surface area contributed by atoms with Gasteiger partial charge in [0.2, 0.25) is 5.91 Å². The number of hydrogen-bond donors (Lipinski definition) is 1. The van der Waals surface area contributed by atoms with Crippen LogP contribution in [0.4, 0.5) is 11.4 Å². The highest BCUT2D eigenvalue weighted by atomic mass is 16.5. The molecule has 2 heterocycles. The molecule has 0 radical (unpaired) electrons. The van der Waals surface area contributed by atoms with Gasteiger partial charge in [-0.15, -0.1) is 0 Å². The van der Waals surface area contributed by atoms with Gasteiger partial charge in [0.1, 0.15) is 5.75 Å². The van der Waals surface area contributed by atoms with E-state index in [1.807, 2.05) is 78.6 Å². The van der Waals surface area contributed by atoms with Crippen molar-refractivity contribution in [3.05, 3.63) is 83.9 Å². The Labute approximate surface area is 216 Å². The number of methoxy groups -OCH3 is 1. The lowest BCUT2D eigenvalue weighted by atomic mass is 10.0. The standard InChI is InChI=1S/C30H30N4O3/c1-20-7-12-28-26(17-20)27(19-29(32-28)22-8-10-23(11-9-22)31-21(2)35)30(36)34-15-13-33(14-16-34)24-5-4-6-25(18-24)37-3/h4-12,17-19H,13-16H2,1-3H3,(H,31,35). The Bertz CT molecular complexity index is 1460. The van der Waals surface area contributed by atoms with Crippen molar-refractivity contribution in [2.24, 2.45) is 0 Å². The van der Waals surface area contributed by atoms with E-state index >= 15 is 0 Å². The zero-order chi connectivity index (χ0) is 25.9. The van der Waals surface area contributed by atoms with Crippen LogP contribution in [0.5, 0.6) is 5.75 Å². The SMILES string of the molecule is COc1cccc(N2CCN(C(=O)c3cc(-c4ccc(NC(C)=O)cc4)nc4ccc(C)cc34)CC2)c1. The van der Waals surface area contributed by atoms with Crippen molar-refractivity contribution in [2.45, 2.75) is 13.8 Å². The predicted molar refractivity (Wildman–Crippen MR) is 147 cm³/mol. The molecule has 0 atom stereocenters. The second kappa shape index (κ2) is 10.3. The van der Waals surface area contributed by atoms with Crippen LogP contribution in [0.25, 0.3) is 22.2 Å². The number of pyridine rings is 1. The van der Waals surface area contributed by atoms with E-state index in [0.717, 1.165) is 57.9 Å². The van der Waals surface area contributed by atoms with Crippen molar-refractivity contribution in [3.8, 4) is 17.0 Å². The highest BCUT2D eigenvalue weighted by molar-refractivity contribution is 6.07. The third-order valence-corrected chi connectivity index (χ3v) is 6.68. The molecule has 1 aromatic heterocycles. The number of carbonyl (C=O) groups excluding carboxylic acids is 2. The zero-order valence-corrected chi connectivity index (χ0v) is 21.3. The first-order chi connectivity index (χ1) is 17.9. The lowest BCUT2D eigenvalue weighted by Gasteiger charge is -2.36.